The van der Waals surface area contributed by atoms with E-state index in [9.17, 15) is 0 Å². The Kier molecular flexibility index (Phi) is 4.43. The van der Waals surface area contributed by atoms with Crippen LogP contribution in [-0.2, 0) is 11.3 Å². The number of fused-ring (bicyclic) bond motifs is 1. The van der Waals surface area contributed by atoms with E-state index in [2.05, 4.69) is 24.4 Å². The second-order valence-corrected chi connectivity index (χ2v) is 5.06. The molecule has 0 unspecified atom stereocenters. The summed E-state index contributed by atoms with van der Waals surface area (Å²) in [5, 5.41) is 4.33. The van der Waals surface area contributed by atoms with Gasteiger partial charge in [-0.15, -0.1) is 0 Å². The van der Waals surface area contributed by atoms with Gasteiger partial charge in [0.15, 0.2) is 0 Å². The number of halogens is 1. The summed E-state index contributed by atoms with van der Waals surface area (Å²) in [6.07, 6.45) is 1.16. The zero-order valence-electron chi connectivity index (χ0n) is 10.6. The summed E-state index contributed by atoms with van der Waals surface area (Å²) in [5.41, 5.74) is 3.67. The van der Waals surface area contributed by atoms with E-state index < -0.39 is 0 Å². The molecule has 0 radical (unpaired) electrons. The summed E-state index contributed by atoms with van der Waals surface area (Å²) in [7, 11) is 0. The van der Waals surface area contributed by atoms with E-state index in [0.717, 1.165) is 36.7 Å². The van der Waals surface area contributed by atoms with Crippen LogP contribution in [0.5, 0.6) is 0 Å². The molecule has 1 atom stereocenters. The molecule has 2 rings (SSSR count). The highest BCUT2D eigenvalue weighted by Crippen LogP contribution is 2.33. The van der Waals surface area contributed by atoms with Gasteiger partial charge in [0.25, 0.3) is 0 Å². The Bertz CT molecular complexity index is 392. The third kappa shape index (κ3) is 2.82. The minimum atomic E-state index is 0.434. The molecule has 0 bridgehead atoms. The fraction of sp³-hybridized carbons (Fsp3) is 0.571. The van der Waals surface area contributed by atoms with Crippen LogP contribution in [0, 0.1) is 6.92 Å². The Morgan fingerprint density at radius 2 is 2.29 bits per heavy atom. The van der Waals surface area contributed by atoms with Gasteiger partial charge >= 0.3 is 0 Å². The quantitative estimate of drug-likeness (QED) is 0.832. The third-order valence-corrected chi connectivity index (χ3v) is 3.82. The summed E-state index contributed by atoms with van der Waals surface area (Å²) in [4.78, 5) is 0. The van der Waals surface area contributed by atoms with E-state index in [-0.39, 0.29) is 0 Å². The molecule has 1 aromatic rings. The first-order valence-electron chi connectivity index (χ1n) is 6.30. The topological polar surface area (TPSA) is 21.3 Å². The SMILES string of the molecule is CCCNC[C@@H]1COCc2c1ccc(C)c2Cl. The van der Waals surface area contributed by atoms with Gasteiger partial charge in [0.2, 0.25) is 0 Å². The molecule has 0 fully saturated rings. The van der Waals surface area contributed by atoms with Crippen molar-refractivity contribution in [3.05, 3.63) is 33.8 Å². The van der Waals surface area contributed by atoms with Crippen LogP contribution in [0.1, 0.15) is 36.0 Å². The van der Waals surface area contributed by atoms with Gasteiger partial charge in [-0.1, -0.05) is 30.7 Å². The van der Waals surface area contributed by atoms with Crippen molar-refractivity contribution in [2.45, 2.75) is 32.8 Å². The summed E-state index contributed by atoms with van der Waals surface area (Å²) in [6, 6.07) is 4.32. The fourth-order valence-corrected chi connectivity index (χ4v) is 2.52. The van der Waals surface area contributed by atoms with Crippen molar-refractivity contribution in [2.75, 3.05) is 19.7 Å². The van der Waals surface area contributed by atoms with Crippen LogP contribution in [0.25, 0.3) is 0 Å². The van der Waals surface area contributed by atoms with Crippen LogP contribution < -0.4 is 5.32 Å². The second kappa shape index (κ2) is 5.85. The number of hydrogen-bond donors (Lipinski definition) is 1. The van der Waals surface area contributed by atoms with Gasteiger partial charge in [-0.3, -0.25) is 0 Å². The first-order chi connectivity index (χ1) is 8.24. The molecule has 1 heterocycles. The predicted molar refractivity (Wildman–Crippen MR) is 71.7 cm³/mol. The summed E-state index contributed by atoms with van der Waals surface area (Å²) in [6.45, 7) is 7.70. The molecule has 0 aliphatic carbocycles. The van der Waals surface area contributed by atoms with Crippen molar-refractivity contribution in [2.24, 2.45) is 0 Å². The van der Waals surface area contributed by atoms with Gasteiger partial charge in [0, 0.05) is 23.0 Å². The molecule has 0 amide bonds. The molecule has 1 N–H and O–H groups in total. The molecular formula is C14H20ClNO. The molecule has 17 heavy (non-hydrogen) atoms. The molecule has 3 heteroatoms. The van der Waals surface area contributed by atoms with Gasteiger partial charge in [-0.25, -0.2) is 0 Å². The van der Waals surface area contributed by atoms with E-state index in [4.69, 9.17) is 16.3 Å². The normalized spacial score (nSPS) is 19.1. The van der Waals surface area contributed by atoms with Gasteiger partial charge in [0.05, 0.1) is 13.2 Å². The van der Waals surface area contributed by atoms with Gasteiger partial charge in [-0.2, -0.15) is 0 Å². The molecule has 0 saturated heterocycles. The third-order valence-electron chi connectivity index (χ3n) is 3.30. The van der Waals surface area contributed by atoms with Gasteiger partial charge in [0.1, 0.15) is 0 Å². The van der Waals surface area contributed by atoms with E-state index in [1.165, 1.54) is 11.1 Å². The monoisotopic (exact) mass is 253 g/mol. The van der Waals surface area contributed by atoms with E-state index in [1.807, 2.05) is 6.92 Å². The fourth-order valence-electron chi connectivity index (χ4n) is 2.30. The predicted octanol–water partition coefficient (Wildman–Crippen LogP) is 3.26. The molecule has 1 aliphatic rings. The Morgan fingerprint density at radius 3 is 3.06 bits per heavy atom. The number of ether oxygens (including phenoxy) is 1. The minimum Gasteiger partial charge on any atom is -0.376 e. The lowest BCUT2D eigenvalue weighted by Crippen LogP contribution is -2.28. The van der Waals surface area contributed by atoms with E-state index in [1.54, 1.807) is 0 Å². The number of benzene rings is 1. The average molecular weight is 254 g/mol. The minimum absolute atomic E-state index is 0.434. The van der Waals surface area contributed by atoms with Gasteiger partial charge in [-0.05, 0) is 31.0 Å². The lowest BCUT2D eigenvalue weighted by atomic mass is 9.91. The largest absolute Gasteiger partial charge is 0.376 e. The Morgan fingerprint density at radius 1 is 1.47 bits per heavy atom. The first-order valence-corrected chi connectivity index (χ1v) is 6.68. The van der Waals surface area contributed by atoms with Crippen LogP contribution >= 0.6 is 11.6 Å². The Labute approximate surface area is 108 Å². The second-order valence-electron chi connectivity index (χ2n) is 4.68. The van der Waals surface area contributed by atoms with Gasteiger partial charge < -0.3 is 10.1 Å². The molecule has 1 aromatic carbocycles. The molecule has 94 valence electrons. The Balaban J connectivity index is 2.17. The van der Waals surface area contributed by atoms with E-state index in [0.29, 0.717) is 12.5 Å². The maximum atomic E-state index is 6.34. The smallest absolute Gasteiger partial charge is 0.0734 e. The summed E-state index contributed by atoms with van der Waals surface area (Å²) >= 11 is 6.34. The lowest BCUT2D eigenvalue weighted by Gasteiger charge is -2.27. The highest BCUT2D eigenvalue weighted by Gasteiger charge is 2.22. The van der Waals surface area contributed by atoms with Crippen LogP contribution in [0.4, 0.5) is 0 Å². The van der Waals surface area contributed by atoms with E-state index >= 15 is 0 Å². The highest BCUT2D eigenvalue weighted by atomic mass is 35.5. The standard InChI is InChI=1S/C14H20ClNO/c1-3-6-16-7-11-8-17-9-13-12(11)5-4-10(2)14(13)15/h4-5,11,16H,3,6-9H2,1-2H3/t11-/m1/s1. The number of aryl methyl sites for hydroxylation is 1. The van der Waals surface area contributed by atoms with Crippen LogP contribution in [0.2, 0.25) is 5.02 Å². The van der Waals surface area contributed by atoms with Crippen molar-refractivity contribution in [3.8, 4) is 0 Å². The molecule has 2 nitrogen and oxygen atoms in total. The molecule has 0 spiro atoms. The molecule has 0 saturated carbocycles. The summed E-state index contributed by atoms with van der Waals surface area (Å²) in [5.74, 6) is 0.434. The Hall–Kier alpha value is -0.570. The number of hydrogen-bond acceptors (Lipinski definition) is 2. The first kappa shape index (κ1) is 12.9. The highest BCUT2D eigenvalue weighted by molar-refractivity contribution is 6.32. The maximum Gasteiger partial charge on any atom is 0.0734 e. The van der Waals surface area contributed by atoms with Crippen LogP contribution in [0.15, 0.2) is 12.1 Å². The van der Waals surface area contributed by atoms with Crippen LogP contribution in [0.3, 0.4) is 0 Å². The number of nitrogens with one attached hydrogen (secondary N) is 1. The van der Waals surface area contributed by atoms with Crippen molar-refractivity contribution in [3.63, 3.8) is 0 Å². The average Bonchev–Trinajstić information content (AvgIpc) is 2.35. The van der Waals surface area contributed by atoms with Crippen molar-refractivity contribution in [1.29, 1.82) is 0 Å². The molecular weight excluding hydrogens is 234 g/mol. The lowest BCUT2D eigenvalue weighted by molar-refractivity contribution is 0.0907. The van der Waals surface area contributed by atoms with Crippen molar-refractivity contribution in [1.82, 2.24) is 5.32 Å². The van der Waals surface area contributed by atoms with Crippen LogP contribution in [-0.4, -0.2) is 19.7 Å². The zero-order chi connectivity index (χ0) is 12.3. The zero-order valence-corrected chi connectivity index (χ0v) is 11.3. The molecule has 1 aliphatic heterocycles. The van der Waals surface area contributed by atoms with Crippen molar-refractivity contribution >= 4 is 11.6 Å². The van der Waals surface area contributed by atoms with Crippen molar-refractivity contribution < 1.29 is 4.74 Å². The molecule has 0 aromatic heterocycles. The maximum absolute atomic E-state index is 6.34. The number of rotatable bonds is 4. The summed E-state index contributed by atoms with van der Waals surface area (Å²) < 4.78 is 5.65.